The van der Waals surface area contributed by atoms with E-state index in [1.807, 2.05) is 55.0 Å². The fourth-order valence-corrected chi connectivity index (χ4v) is 3.75. The first-order valence-corrected chi connectivity index (χ1v) is 13.6. The zero-order valence-corrected chi connectivity index (χ0v) is 23.5. The summed E-state index contributed by atoms with van der Waals surface area (Å²) in [6.45, 7) is 15.5. The van der Waals surface area contributed by atoms with Crippen LogP contribution >= 0.6 is 12.1 Å². The lowest BCUT2D eigenvalue weighted by molar-refractivity contribution is 0.555. The van der Waals surface area contributed by atoms with Crippen LogP contribution in [0, 0.1) is 17.2 Å². The molecule has 194 valence electrons. The van der Waals surface area contributed by atoms with Gasteiger partial charge in [0.2, 0.25) is 0 Å². The Bertz CT molecular complexity index is 1030. The monoisotopic (exact) mass is 507 g/mol. The number of nitrogens with zero attached hydrogens (tertiary/aromatic N) is 3. The normalized spacial score (nSPS) is 10.8. The van der Waals surface area contributed by atoms with Crippen LogP contribution in [0.1, 0.15) is 82.7 Å². The summed E-state index contributed by atoms with van der Waals surface area (Å²) < 4.78 is 14.1. The minimum atomic E-state index is 0.298. The first-order valence-electron chi connectivity index (χ1n) is 12.9. The third kappa shape index (κ3) is 12.2. The maximum atomic E-state index is 12.0. The Morgan fingerprint density at radius 2 is 1.81 bits per heavy atom. The smallest absolute Gasteiger partial charge is 0.0991 e. The largest absolute Gasteiger partial charge is 0.330 e. The van der Waals surface area contributed by atoms with Crippen LogP contribution in [-0.4, -0.2) is 9.55 Å². The van der Waals surface area contributed by atoms with Crippen LogP contribution in [0.2, 0.25) is 0 Å². The highest BCUT2D eigenvalue weighted by Crippen LogP contribution is 2.19. The fourth-order valence-electron chi connectivity index (χ4n) is 3.43. The lowest BCUT2D eigenvalue weighted by Gasteiger charge is -2.09. The minimum Gasteiger partial charge on any atom is -0.330 e. The summed E-state index contributed by atoms with van der Waals surface area (Å²) in [5.74, 6) is 0.728. The Balaban J connectivity index is 0.000000285. The molecule has 0 amide bonds. The molecular weight excluding hydrogens is 465 g/mol. The highest BCUT2D eigenvalue weighted by Gasteiger charge is 2.01. The Kier molecular flexibility index (Phi) is 16.0. The van der Waals surface area contributed by atoms with E-state index in [1.54, 1.807) is 6.07 Å². The first-order chi connectivity index (χ1) is 17.4. The first kappa shape index (κ1) is 31.2. The van der Waals surface area contributed by atoms with Crippen molar-refractivity contribution in [1.29, 1.82) is 5.26 Å². The van der Waals surface area contributed by atoms with E-state index in [0.29, 0.717) is 22.6 Å². The minimum absolute atomic E-state index is 0.298. The van der Waals surface area contributed by atoms with Gasteiger partial charge in [0.25, 0.3) is 0 Å². The molecule has 0 bridgehead atoms. The molecule has 0 spiro atoms. The Morgan fingerprint density at radius 1 is 1.08 bits per heavy atom. The molecule has 0 aliphatic carbocycles. The number of allylic oxidation sites excluding steroid dienone is 1. The molecule has 3 rings (SSSR count). The number of unbranched alkanes of at least 4 members (excludes halogenated alkanes) is 2. The van der Waals surface area contributed by atoms with Crippen molar-refractivity contribution in [3.05, 3.63) is 95.6 Å². The van der Waals surface area contributed by atoms with Crippen LogP contribution in [0.5, 0.6) is 0 Å². The molecular formula is C31H42FN3S. The van der Waals surface area contributed by atoms with Crippen molar-refractivity contribution in [2.45, 2.75) is 84.6 Å². The van der Waals surface area contributed by atoms with Gasteiger partial charge >= 0.3 is 0 Å². The van der Waals surface area contributed by atoms with Crippen LogP contribution in [0.15, 0.2) is 78.1 Å². The summed E-state index contributed by atoms with van der Waals surface area (Å²) in [7, 11) is 0. The third-order valence-electron chi connectivity index (χ3n) is 6.07. The van der Waals surface area contributed by atoms with Crippen molar-refractivity contribution in [3.8, 4) is 6.07 Å². The number of aromatic nitrogens is 2. The van der Waals surface area contributed by atoms with Gasteiger partial charge in [-0.2, -0.15) is 9.15 Å². The second-order valence-electron chi connectivity index (χ2n) is 9.00. The molecule has 0 aliphatic heterocycles. The molecule has 5 heteroatoms. The molecule has 3 nitrogen and oxygen atoms in total. The lowest BCUT2D eigenvalue weighted by atomic mass is 9.97. The van der Waals surface area contributed by atoms with Gasteiger partial charge in [-0.25, -0.2) is 4.98 Å². The molecule has 0 saturated heterocycles. The van der Waals surface area contributed by atoms with Crippen LogP contribution in [-0.2, 0) is 19.4 Å². The van der Waals surface area contributed by atoms with E-state index in [1.165, 1.54) is 48.1 Å². The number of nitriles is 1. The van der Waals surface area contributed by atoms with E-state index in [0.717, 1.165) is 25.3 Å². The number of imidazole rings is 1. The molecule has 3 aromatic rings. The summed E-state index contributed by atoms with van der Waals surface area (Å²) in [6, 6.07) is 17.3. The summed E-state index contributed by atoms with van der Waals surface area (Å²) in [5, 5.41) is 8.70. The van der Waals surface area contributed by atoms with E-state index in [2.05, 4.69) is 56.8 Å². The van der Waals surface area contributed by atoms with Crippen molar-refractivity contribution >= 4 is 12.1 Å². The van der Waals surface area contributed by atoms with Crippen molar-refractivity contribution in [1.82, 2.24) is 9.55 Å². The number of aryl methyl sites for hydroxylation is 2. The van der Waals surface area contributed by atoms with Gasteiger partial charge in [0.15, 0.2) is 0 Å². The van der Waals surface area contributed by atoms with E-state index < -0.39 is 0 Å². The molecule has 1 heterocycles. The van der Waals surface area contributed by atoms with Crippen LogP contribution < -0.4 is 0 Å². The highest BCUT2D eigenvalue weighted by molar-refractivity contribution is 7.94. The quantitative estimate of drug-likeness (QED) is 0.203. The summed E-state index contributed by atoms with van der Waals surface area (Å²) in [6.07, 6.45) is 11.1. The maximum Gasteiger partial charge on any atom is 0.0991 e. The number of hydrogen-bond donors (Lipinski definition) is 0. The average Bonchev–Trinajstić information content (AvgIpc) is 3.37. The van der Waals surface area contributed by atoms with E-state index in [4.69, 9.17) is 5.26 Å². The highest BCUT2D eigenvalue weighted by atomic mass is 32.2. The van der Waals surface area contributed by atoms with Crippen LogP contribution in [0.4, 0.5) is 3.89 Å². The van der Waals surface area contributed by atoms with Crippen molar-refractivity contribution < 1.29 is 3.89 Å². The Morgan fingerprint density at radius 3 is 2.36 bits per heavy atom. The van der Waals surface area contributed by atoms with E-state index in [-0.39, 0.29) is 0 Å². The standard InChI is InChI=1S/C13H13N3.C10H20.C8H9FS/c1-2-13-8-15-10-16(13)9-12-5-3-11(7-14)4-6-12;1-5-6-7-8-10(4)9(2)3;1-2-7-4-3-5-8(6-7)10-9/h3-6,8,10H,2,9H2,1H3;10H,2,5-8H2,1,3-4H3;3-6H,2H2,1H3. The van der Waals surface area contributed by atoms with Gasteiger partial charge in [-0.1, -0.05) is 83.4 Å². The second kappa shape index (κ2) is 18.4. The van der Waals surface area contributed by atoms with Crippen molar-refractivity contribution in [2.24, 2.45) is 5.92 Å². The number of halogens is 1. The number of benzene rings is 2. The fraction of sp³-hybridized carbons (Fsp3) is 0.419. The van der Waals surface area contributed by atoms with Crippen LogP contribution in [0.3, 0.4) is 0 Å². The van der Waals surface area contributed by atoms with Crippen LogP contribution in [0.25, 0.3) is 0 Å². The predicted octanol–water partition coefficient (Wildman–Crippen LogP) is 9.37. The average molecular weight is 508 g/mol. The third-order valence-corrected chi connectivity index (χ3v) is 6.51. The lowest BCUT2D eigenvalue weighted by Crippen LogP contribution is -2.02. The molecule has 1 unspecified atom stereocenters. The topological polar surface area (TPSA) is 41.6 Å². The molecule has 1 aromatic heterocycles. The van der Waals surface area contributed by atoms with Gasteiger partial charge in [0, 0.05) is 23.3 Å². The molecule has 1 atom stereocenters. The zero-order valence-electron chi connectivity index (χ0n) is 22.6. The molecule has 0 N–H and O–H groups in total. The predicted molar refractivity (Wildman–Crippen MR) is 153 cm³/mol. The summed E-state index contributed by atoms with van der Waals surface area (Å²) in [4.78, 5) is 4.83. The van der Waals surface area contributed by atoms with Gasteiger partial charge in [-0.05, 0) is 67.5 Å². The Labute approximate surface area is 222 Å². The molecule has 36 heavy (non-hydrogen) atoms. The molecule has 0 saturated carbocycles. The second-order valence-corrected chi connectivity index (χ2v) is 9.62. The van der Waals surface area contributed by atoms with Crippen molar-refractivity contribution in [3.63, 3.8) is 0 Å². The molecule has 0 radical (unpaired) electrons. The Hall–Kier alpha value is -2.84. The van der Waals surface area contributed by atoms with Gasteiger partial charge in [-0.15, -0.1) is 0 Å². The molecule has 0 aliphatic rings. The SMILES string of the molecule is C=C(C)C(C)CCCCC.CCc1cccc(SF)c1.CCc1cncn1Cc1ccc(C#N)cc1. The van der Waals surface area contributed by atoms with Gasteiger partial charge in [0.05, 0.1) is 30.1 Å². The summed E-state index contributed by atoms with van der Waals surface area (Å²) in [5.41, 5.74) is 5.62. The van der Waals surface area contributed by atoms with Gasteiger partial charge in [0.1, 0.15) is 0 Å². The van der Waals surface area contributed by atoms with Crippen molar-refractivity contribution in [2.75, 3.05) is 0 Å². The van der Waals surface area contributed by atoms with Gasteiger partial charge < -0.3 is 4.57 Å². The maximum absolute atomic E-state index is 12.0. The summed E-state index contributed by atoms with van der Waals surface area (Å²) >= 11 is 0.298. The molecule has 0 fully saturated rings. The van der Waals surface area contributed by atoms with E-state index >= 15 is 0 Å². The number of rotatable bonds is 10. The van der Waals surface area contributed by atoms with Gasteiger partial charge in [-0.3, -0.25) is 0 Å². The zero-order chi connectivity index (χ0) is 26.8. The number of hydrogen-bond acceptors (Lipinski definition) is 3. The molecule has 2 aromatic carbocycles. The van der Waals surface area contributed by atoms with E-state index in [9.17, 15) is 3.89 Å².